The van der Waals surface area contributed by atoms with E-state index in [0.29, 0.717) is 31.3 Å². The third-order valence-corrected chi connectivity index (χ3v) is 7.44. The van der Waals surface area contributed by atoms with Crippen LogP contribution in [0.4, 0.5) is 14.5 Å². The summed E-state index contributed by atoms with van der Waals surface area (Å²) in [6, 6.07) is 6.78. The standard InChI is InChI=1S/C20H32F2N4O3S/c1-5-23-19(24-11-13-30(27,28)20(2,3)4)25-15-10-12-26(14-15)16-8-6-7-9-17(16)29-18(21)22/h6-9,15,18H,5,10-14H2,1-4H3,(H2,23,24,25). The molecule has 0 bridgehead atoms. The summed E-state index contributed by atoms with van der Waals surface area (Å²) in [7, 11) is -3.24. The number of para-hydroxylation sites is 2. The highest BCUT2D eigenvalue weighted by atomic mass is 32.2. The molecule has 170 valence electrons. The fourth-order valence-electron chi connectivity index (χ4n) is 3.11. The van der Waals surface area contributed by atoms with Crippen molar-refractivity contribution in [3.8, 4) is 5.75 Å². The van der Waals surface area contributed by atoms with Crippen LogP contribution in [0, 0.1) is 0 Å². The van der Waals surface area contributed by atoms with E-state index in [1.165, 1.54) is 6.07 Å². The second-order valence-electron chi connectivity index (χ2n) is 8.11. The van der Waals surface area contributed by atoms with Gasteiger partial charge in [-0.2, -0.15) is 8.78 Å². The Balaban J connectivity index is 2.00. The number of hydrogen-bond acceptors (Lipinski definition) is 5. The summed E-state index contributed by atoms with van der Waals surface area (Å²) in [5.74, 6) is 0.675. The number of rotatable bonds is 8. The van der Waals surface area contributed by atoms with Crippen LogP contribution in [0.2, 0.25) is 0 Å². The minimum atomic E-state index is -3.24. The zero-order valence-electron chi connectivity index (χ0n) is 18.0. The average molecular weight is 447 g/mol. The van der Waals surface area contributed by atoms with E-state index >= 15 is 0 Å². The molecule has 1 fully saturated rings. The highest BCUT2D eigenvalue weighted by Gasteiger charge is 2.29. The molecule has 1 aliphatic heterocycles. The molecule has 7 nitrogen and oxygen atoms in total. The third kappa shape index (κ3) is 6.72. The predicted molar refractivity (Wildman–Crippen MR) is 116 cm³/mol. The number of nitrogens with one attached hydrogen (secondary N) is 2. The Hall–Kier alpha value is -2.10. The van der Waals surface area contributed by atoms with Crippen molar-refractivity contribution in [1.82, 2.24) is 10.6 Å². The van der Waals surface area contributed by atoms with Crippen LogP contribution in [-0.2, 0) is 9.84 Å². The Kier molecular flexibility index (Phi) is 8.28. The zero-order chi connectivity index (χ0) is 22.4. The summed E-state index contributed by atoms with van der Waals surface area (Å²) in [6.45, 7) is 6.17. The molecule has 1 aromatic carbocycles. The van der Waals surface area contributed by atoms with Gasteiger partial charge < -0.3 is 20.3 Å². The third-order valence-electron chi connectivity index (χ3n) is 4.86. The lowest BCUT2D eigenvalue weighted by molar-refractivity contribution is -0.0495. The number of hydrogen-bond donors (Lipinski definition) is 2. The van der Waals surface area contributed by atoms with Crippen molar-refractivity contribution in [3.63, 3.8) is 0 Å². The fraction of sp³-hybridized carbons (Fsp3) is 0.650. The Morgan fingerprint density at radius 3 is 2.67 bits per heavy atom. The predicted octanol–water partition coefficient (Wildman–Crippen LogP) is 2.64. The van der Waals surface area contributed by atoms with Gasteiger partial charge in [-0.05, 0) is 46.2 Å². The van der Waals surface area contributed by atoms with Gasteiger partial charge in [-0.25, -0.2) is 8.42 Å². The highest BCUT2D eigenvalue weighted by molar-refractivity contribution is 7.92. The van der Waals surface area contributed by atoms with Gasteiger partial charge in [-0.1, -0.05) is 12.1 Å². The normalized spacial score (nSPS) is 18.0. The molecule has 0 amide bonds. The second-order valence-corrected chi connectivity index (χ2v) is 11.0. The summed E-state index contributed by atoms with van der Waals surface area (Å²) in [5, 5.41) is 6.44. The number of alkyl halides is 2. The smallest absolute Gasteiger partial charge is 0.387 e. The van der Waals surface area contributed by atoms with Crippen LogP contribution in [-0.4, -0.2) is 63.7 Å². The lowest BCUT2D eigenvalue weighted by Crippen LogP contribution is -2.45. The van der Waals surface area contributed by atoms with E-state index in [1.54, 1.807) is 39.0 Å². The van der Waals surface area contributed by atoms with Crippen LogP contribution >= 0.6 is 0 Å². The molecule has 0 radical (unpaired) electrons. The van der Waals surface area contributed by atoms with Gasteiger partial charge in [0.1, 0.15) is 5.75 Å². The van der Waals surface area contributed by atoms with Crippen LogP contribution in [0.15, 0.2) is 29.3 Å². The van der Waals surface area contributed by atoms with E-state index in [-0.39, 0.29) is 24.1 Å². The summed E-state index contributed by atoms with van der Waals surface area (Å²) >= 11 is 0. The molecule has 30 heavy (non-hydrogen) atoms. The van der Waals surface area contributed by atoms with Crippen molar-refractivity contribution in [2.45, 2.75) is 51.5 Å². The first-order valence-electron chi connectivity index (χ1n) is 10.1. The van der Waals surface area contributed by atoms with Gasteiger partial charge in [0.2, 0.25) is 0 Å². The molecule has 1 aliphatic rings. The van der Waals surface area contributed by atoms with E-state index in [1.807, 2.05) is 11.8 Å². The van der Waals surface area contributed by atoms with Gasteiger partial charge >= 0.3 is 6.61 Å². The maximum Gasteiger partial charge on any atom is 0.387 e. The van der Waals surface area contributed by atoms with E-state index in [0.717, 1.165) is 6.42 Å². The molecule has 1 saturated heterocycles. The Labute approximate surface area is 177 Å². The lowest BCUT2D eigenvalue weighted by Gasteiger charge is -2.22. The summed E-state index contributed by atoms with van der Waals surface area (Å²) < 4.78 is 53.7. The van der Waals surface area contributed by atoms with Crippen molar-refractivity contribution in [2.75, 3.05) is 36.8 Å². The van der Waals surface area contributed by atoms with Gasteiger partial charge in [0.25, 0.3) is 0 Å². The monoisotopic (exact) mass is 446 g/mol. The fourth-order valence-corrected chi connectivity index (χ4v) is 4.05. The van der Waals surface area contributed by atoms with Crippen molar-refractivity contribution in [1.29, 1.82) is 0 Å². The maximum absolute atomic E-state index is 12.7. The molecule has 0 saturated carbocycles. The van der Waals surface area contributed by atoms with Crippen LogP contribution in [0.3, 0.4) is 0 Å². The number of aliphatic imine (C=N–C) groups is 1. The van der Waals surface area contributed by atoms with E-state index in [2.05, 4.69) is 20.4 Å². The zero-order valence-corrected chi connectivity index (χ0v) is 18.8. The van der Waals surface area contributed by atoms with Gasteiger partial charge in [-0.15, -0.1) is 0 Å². The van der Waals surface area contributed by atoms with E-state index in [9.17, 15) is 17.2 Å². The van der Waals surface area contributed by atoms with Crippen molar-refractivity contribution in [3.05, 3.63) is 24.3 Å². The molecule has 2 rings (SSSR count). The quantitative estimate of drug-likeness (QED) is 0.472. The minimum absolute atomic E-state index is 0.0256. The minimum Gasteiger partial charge on any atom is -0.433 e. The Morgan fingerprint density at radius 2 is 2.03 bits per heavy atom. The van der Waals surface area contributed by atoms with Gasteiger partial charge in [0.15, 0.2) is 15.8 Å². The Bertz CT molecular complexity index is 826. The molecule has 2 N–H and O–H groups in total. The molecule has 0 spiro atoms. The average Bonchev–Trinajstić information content (AvgIpc) is 3.09. The number of sulfone groups is 1. The molecule has 0 aromatic heterocycles. The maximum atomic E-state index is 12.7. The number of anilines is 1. The molecular weight excluding hydrogens is 414 g/mol. The number of halogens is 2. The first-order valence-corrected chi connectivity index (χ1v) is 11.7. The summed E-state index contributed by atoms with van der Waals surface area (Å²) in [6.07, 6.45) is 0.785. The summed E-state index contributed by atoms with van der Waals surface area (Å²) in [5.41, 5.74) is 0.625. The lowest BCUT2D eigenvalue weighted by atomic mass is 10.2. The van der Waals surface area contributed by atoms with Gasteiger partial charge in [-0.3, -0.25) is 4.99 Å². The van der Waals surface area contributed by atoms with Crippen molar-refractivity contribution in [2.24, 2.45) is 4.99 Å². The number of nitrogens with zero attached hydrogens (tertiary/aromatic N) is 2. The van der Waals surface area contributed by atoms with Crippen molar-refractivity contribution >= 4 is 21.5 Å². The number of benzene rings is 1. The SMILES string of the molecule is CCNC(=NCCS(=O)(=O)C(C)(C)C)NC1CCN(c2ccccc2OC(F)F)C1. The number of guanidine groups is 1. The molecule has 1 heterocycles. The molecule has 0 aliphatic carbocycles. The van der Waals surface area contributed by atoms with Crippen LogP contribution in [0.5, 0.6) is 5.75 Å². The molecule has 1 unspecified atom stereocenters. The highest BCUT2D eigenvalue weighted by Crippen LogP contribution is 2.31. The summed E-state index contributed by atoms with van der Waals surface area (Å²) in [4.78, 5) is 6.39. The first kappa shape index (κ1) is 24.2. The Morgan fingerprint density at radius 1 is 1.33 bits per heavy atom. The van der Waals surface area contributed by atoms with Crippen LogP contribution < -0.4 is 20.3 Å². The van der Waals surface area contributed by atoms with Crippen molar-refractivity contribution < 1.29 is 21.9 Å². The number of ether oxygens (including phenoxy) is 1. The van der Waals surface area contributed by atoms with E-state index in [4.69, 9.17) is 0 Å². The topological polar surface area (TPSA) is 83.0 Å². The van der Waals surface area contributed by atoms with Gasteiger partial charge in [0, 0.05) is 25.7 Å². The van der Waals surface area contributed by atoms with Crippen LogP contribution in [0.25, 0.3) is 0 Å². The van der Waals surface area contributed by atoms with E-state index < -0.39 is 21.2 Å². The molecule has 1 aromatic rings. The second kappa shape index (κ2) is 10.3. The molecule has 10 heteroatoms. The molecule has 1 atom stereocenters. The largest absolute Gasteiger partial charge is 0.433 e. The van der Waals surface area contributed by atoms with Crippen LogP contribution in [0.1, 0.15) is 34.1 Å². The molecular formula is C20H32F2N4O3S. The van der Waals surface area contributed by atoms with Gasteiger partial charge in [0.05, 0.1) is 22.7 Å². The first-order chi connectivity index (χ1) is 14.0.